The molecule has 7 heteroatoms. The van der Waals surface area contributed by atoms with Gasteiger partial charge in [0.15, 0.2) is 5.65 Å². The van der Waals surface area contributed by atoms with Crippen LogP contribution in [0.4, 0.5) is 0 Å². The Balaban J connectivity index is 1.79. The lowest BCUT2D eigenvalue weighted by molar-refractivity contribution is -0.137. The zero-order chi connectivity index (χ0) is 14.4. The summed E-state index contributed by atoms with van der Waals surface area (Å²) in [5, 5.41) is 15.3. The highest BCUT2D eigenvalue weighted by Crippen LogP contribution is 2.06. The normalized spacial score (nSPS) is 10.6. The van der Waals surface area contributed by atoms with Crippen LogP contribution in [0.2, 0.25) is 0 Å². The lowest BCUT2D eigenvalue weighted by atomic mass is 10.2. The Kier molecular flexibility index (Phi) is 4.65. The molecule has 0 aliphatic carbocycles. The number of rotatable bonds is 7. The molecule has 0 saturated heterocycles. The molecule has 2 aromatic rings. The molecule has 2 aromatic heterocycles. The van der Waals surface area contributed by atoms with Crippen molar-refractivity contribution in [3.8, 4) is 0 Å². The van der Waals surface area contributed by atoms with E-state index in [1.807, 2.05) is 0 Å². The van der Waals surface area contributed by atoms with Crippen LogP contribution in [-0.4, -0.2) is 38.1 Å². The number of aromatic nitrogens is 3. The molecule has 0 aliphatic heterocycles. The predicted octanol–water partition coefficient (Wildman–Crippen LogP) is 1.10. The highest BCUT2D eigenvalue weighted by Gasteiger charge is 2.12. The molecular formula is C13H16N4O3. The molecule has 2 heterocycles. The minimum atomic E-state index is -0.786. The molecule has 0 bridgehead atoms. The van der Waals surface area contributed by atoms with Crippen LogP contribution >= 0.6 is 0 Å². The number of nitrogens with zero attached hydrogens (tertiary/aromatic N) is 3. The lowest BCUT2D eigenvalue weighted by Gasteiger charge is -2.03. The van der Waals surface area contributed by atoms with E-state index in [9.17, 15) is 9.59 Å². The number of hydrogen-bond acceptors (Lipinski definition) is 4. The fourth-order valence-corrected chi connectivity index (χ4v) is 1.86. The van der Waals surface area contributed by atoms with Crippen LogP contribution in [0.3, 0.4) is 0 Å². The quantitative estimate of drug-likeness (QED) is 0.738. The Morgan fingerprint density at radius 3 is 2.95 bits per heavy atom. The average Bonchev–Trinajstić information content (AvgIpc) is 2.86. The van der Waals surface area contributed by atoms with Crippen LogP contribution in [0.25, 0.3) is 5.65 Å². The molecule has 0 spiro atoms. The first kappa shape index (κ1) is 14.0. The Bertz CT molecular complexity index is 608. The molecule has 20 heavy (non-hydrogen) atoms. The second-order valence-corrected chi connectivity index (χ2v) is 4.41. The number of aliphatic carboxylic acids is 1. The third-order valence-electron chi connectivity index (χ3n) is 2.88. The van der Waals surface area contributed by atoms with E-state index in [2.05, 4.69) is 15.4 Å². The summed E-state index contributed by atoms with van der Waals surface area (Å²) in [4.78, 5) is 26.4. The summed E-state index contributed by atoms with van der Waals surface area (Å²) in [6, 6.07) is 1.74. The molecule has 0 fully saturated rings. The van der Waals surface area contributed by atoms with Gasteiger partial charge in [-0.3, -0.25) is 9.59 Å². The number of amides is 1. The number of unbranched alkanes of at least 4 members (excludes halogenated alkanes) is 2. The van der Waals surface area contributed by atoms with Gasteiger partial charge in [-0.05, 0) is 18.9 Å². The van der Waals surface area contributed by atoms with Crippen molar-refractivity contribution in [3.05, 3.63) is 30.2 Å². The minimum absolute atomic E-state index is 0.173. The van der Waals surface area contributed by atoms with Gasteiger partial charge in [0.05, 0.1) is 6.20 Å². The van der Waals surface area contributed by atoms with Crippen LogP contribution in [-0.2, 0) is 4.79 Å². The van der Waals surface area contributed by atoms with E-state index < -0.39 is 5.97 Å². The Hall–Kier alpha value is -2.44. The number of carbonyl (C=O) groups excluding carboxylic acids is 1. The first-order valence-corrected chi connectivity index (χ1v) is 6.47. The highest BCUT2D eigenvalue weighted by molar-refractivity contribution is 5.99. The van der Waals surface area contributed by atoms with Gasteiger partial charge in [0.2, 0.25) is 0 Å². The van der Waals surface area contributed by atoms with Crippen LogP contribution in [0.15, 0.2) is 24.7 Å². The molecule has 0 aliphatic rings. The zero-order valence-electron chi connectivity index (χ0n) is 11.0. The minimum Gasteiger partial charge on any atom is -0.481 e. The molecular weight excluding hydrogens is 260 g/mol. The third-order valence-corrected chi connectivity index (χ3v) is 2.88. The summed E-state index contributed by atoms with van der Waals surface area (Å²) >= 11 is 0. The van der Waals surface area contributed by atoms with Gasteiger partial charge in [-0.1, -0.05) is 6.42 Å². The Morgan fingerprint density at radius 1 is 1.30 bits per heavy atom. The zero-order valence-corrected chi connectivity index (χ0v) is 11.0. The second-order valence-electron chi connectivity index (χ2n) is 4.41. The number of carboxylic acids is 1. The van der Waals surface area contributed by atoms with Crippen molar-refractivity contribution >= 4 is 17.5 Å². The molecule has 0 aromatic carbocycles. The van der Waals surface area contributed by atoms with E-state index in [1.165, 1.54) is 6.20 Å². The molecule has 0 radical (unpaired) electrons. The summed E-state index contributed by atoms with van der Waals surface area (Å²) in [6.45, 7) is 0.516. The maximum Gasteiger partial charge on any atom is 0.303 e. The molecule has 7 nitrogen and oxygen atoms in total. The van der Waals surface area contributed by atoms with Gasteiger partial charge in [-0.25, -0.2) is 9.50 Å². The van der Waals surface area contributed by atoms with Crippen LogP contribution in [0.5, 0.6) is 0 Å². The first-order chi connectivity index (χ1) is 9.68. The number of nitrogens with one attached hydrogen (secondary N) is 1. The van der Waals surface area contributed by atoms with E-state index in [4.69, 9.17) is 5.11 Å². The van der Waals surface area contributed by atoms with Crippen LogP contribution in [0.1, 0.15) is 36.0 Å². The molecule has 0 atom stereocenters. The van der Waals surface area contributed by atoms with Gasteiger partial charge in [0.1, 0.15) is 5.56 Å². The number of carbonyl (C=O) groups is 2. The highest BCUT2D eigenvalue weighted by atomic mass is 16.4. The summed E-state index contributed by atoms with van der Waals surface area (Å²) in [5.41, 5.74) is 0.965. The van der Waals surface area contributed by atoms with Crippen molar-refractivity contribution in [1.82, 2.24) is 19.9 Å². The molecule has 1 amide bonds. The monoisotopic (exact) mass is 276 g/mol. The molecule has 0 saturated carbocycles. The Morgan fingerprint density at radius 2 is 2.15 bits per heavy atom. The van der Waals surface area contributed by atoms with Crippen LogP contribution < -0.4 is 5.32 Å². The van der Waals surface area contributed by atoms with E-state index >= 15 is 0 Å². The average molecular weight is 276 g/mol. The number of fused-ring (bicyclic) bond motifs is 1. The number of carboxylic acid groups (broad SMARTS) is 1. The van der Waals surface area contributed by atoms with Gasteiger partial charge in [-0.2, -0.15) is 5.10 Å². The molecule has 2 rings (SSSR count). The van der Waals surface area contributed by atoms with E-state index in [1.54, 1.807) is 23.0 Å². The maximum absolute atomic E-state index is 12.0. The van der Waals surface area contributed by atoms with Gasteiger partial charge in [0.25, 0.3) is 5.91 Å². The van der Waals surface area contributed by atoms with Crippen molar-refractivity contribution in [2.45, 2.75) is 25.7 Å². The van der Waals surface area contributed by atoms with Gasteiger partial charge >= 0.3 is 5.97 Å². The predicted molar refractivity (Wildman–Crippen MR) is 71.4 cm³/mol. The van der Waals surface area contributed by atoms with Crippen molar-refractivity contribution in [1.29, 1.82) is 0 Å². The molecule has 0 unspecified atom stereocenters. The fraction of sp³-hybridized carbons (Fsp3) is 0.385. The smallest absolute Gasteiger partial charge is 0.303 e. The molecule has 106 valence electrons. The van der Waals surface area contributed by atoms with Crippen LogP contribution in [0, 0.1) is 0 Å². The summed E-state index contributed by atoms with van der Waals surface area (Å²) in [7, 11) is 0. The summed E-state index contributed by atoms with van der Waals surface area (Å²) in [6.07, 6.45) is 7.16. The molecule has 2 N–H and O–H groups in total. The summed E-state index contributed by atoms with van der Waals surface area (Å²) in [5.74, 6) is -0.997. The third kappa shape index (κ3) is 3.53. The largest absolute Gasteiger partial charge is 0.481 e. The van der Waals surface area contributed by atoms with Crippen molar-refractivity contribution in [3.63, 3.8) is 0 Å². The lowest BCUT2D eigenvalue weighted by Crippen LogP contribution is -2.24. The fourth-order valence-electron chi connectivity index (χ4n) is 1.86. The second kappa shape index (κ2) is 6.65. The van der Waals surface area contributed by atoms with E-state index in [-0.39, 0.29) is 12.3 Å². The van der Waals surface area contributed by atoms with Gasteiger partial charge < -0.3 is 10.4 Å². The van der Waals surface area contributed by atoms with Gasteiger partial charge in [0, 0.05) is 25.4 Å². The van der Waals surface area contributed by atoms with E-state index in [0.717, 1.165) is 12.8 Å². The first-order valence-electron chi connectivity index (χ1n) is 6.47. The Labute approximate surface area is 115 Å². The van der Waals surface area contributed by atoms with Crippen molar-refractivity contribution in [2.24, 2.45) is 0 Å². The van der Waals surface area contributed by atoms with Gasteiger partial charge in [-0.15, -0.1) is 0 Å². The maximum atomic E-state index is 12.0. The standard InChI is InChI=1S/C13H16N4O3/c18-11(19)5-2-1-3-6-15-13(20)10-9-16-17-8-4-7-14-12(10)17/h4,7-9H,1-3,5-6H2,(H,15,20)(H,18,19). The topological polar surface area (TPSA) is 96.6 Å². The van der Waals surface area contributed by atoms with E-state index in [0.29, 0.717) is 24.2 Å². The summed E-state index contributed by atoms with van der Waals surface area (Å²) < 4.78 is 1.54. The number of hydrogen-bond donors (Lipinski definition) is 2. The van der Waals surface area contributed by atoms with Crippen molar-refractivity contribution < 1.29 is 14.7 Å². The SMILES string of the molecule is O=C(O)CCCCCNC(=O)c1cnn2cccnc12. The van der Waals surface area contributed by atoms with Crippen molar-refractivity contribution in [2.75, 3.05) is 6.54 Å².